The van der Waals surface area contributed by atoms with Crippen molar-refractivity contribution in [1.82, 2.24) is 5.32 Å². The molecule has 0 radical (unpaired) electrons. The maximum atomic E-state index is 5.86. The molecule has 0 atom stereocenters. The van der Waals surface area contributed by atoms with Gasteiger partial charge in [-0.05, 0) is 31.4 Å². The highest BCUT2D eigenvalue weighted by molar-refractivity contribution is 5.85. The molecule has 2 fully saturated rings. The van der Waals surface area contributed by atoms with E-state index in [1.165, 1.54) is 31.4 Å². The first kappa shape index (κ1) is 11.9. The van der Waals surface area contributed by atoms with Crippen LogP contribution in [0.5, 0.6) is 0 Å². The average molecular weight is 240 g/mol. The summed E-state index contributed by atoms with van der Waals surface area (Å²) in [5.41, 5.74) is 1.77. The van der Waals surface area contributed by atoms with Crippen molar-refractivity contribution in [3.05, 3.63) is 35.9 Å². The summed E-state index contributed by atoms with van der Waals surface area (Å²) >= 11 is 0. The molecule has 2 nitrogen and oxygen atoms in total. The van der Waals surface area contributed by atoms with Gasteiger partial charge in [-0.1, -0.05) is 30.3 Å². The zero-order valence-corrected chi connectivity index (χ0v) is 10.1. The quantitative estimate of drug-likeness (QED) is 0.875. The van der Waals surface area contributed by atoms with Crippen LogP contribution in [0.3, 0.4) is 0 Å². The Labute approximate surface area is 103 Å². The minimum atomic E-state index is 0. The minimum absolute atomic E-state index is 0. The lowest BCUT2D eigenvalue weighted by atomic mass is 9.68. The van der Waals surface area contributed by atoms with E-state index in [2.05, 4.69) is 29.6 Å². The lowest BCUT2D eigenvalue weighted by molar-refractivity contribution is -0.0865. The van der Waals surface area contributed by atoms with Crippen LogP contribution in [0.2, 0.25) is 0 Å². The molecule has 1 heterocycles. The van der Waals surface area contributed by atoms with Crippen LogP contribution >= 0.6 is 12.4 Å². The molecule has 0 unspecified atom stereocenters. The summed E-state index contributed by atoms with van der Waals surface area (Å²) < 4.78 is 5.86. The Morgan fingerprint density at radius 1 is 1.25 bits per heavy atom. The SMILES string of the molecule is Cl.c1ccc(COC2CC3(CCN3)C2)cc1. The zero-order valence-electron chi connectivity index (χ0n) is 9.32. The molecule has 3 rings (SSSR count). The highest BCUT2D eigenvalue weighted by Gasteiger charge is 2.48. The Kier molecular flexibility index (Phi) is 3.53. The van der Waals surface area contributed by atoms with Crippen molar-refractivity contribution in [1.29, 1.82) is 0 Å². The Hall–Kier alpha value is -0.570. The summed E-state index contributed by atoms with van der Waals surface area (Å²) in [4.78, 5) is 0. The van der Waals surface area contributed by atoms with Crippen LogP contribution in [0.1, 0.15) is 24.8 Å². The van der Waals surface area contributed by atoms with Gasteiger partial charge in [-0.2, -0.15) is 0 Å². The van der Waals surface area contributed by atoms with Gasteiger partial charge in [0.05, 0.1) is 12.7 Å². The molecule has 16 heavy (non-hydrogen) atoms. The maximum Gasteiger partial charge on any atom is 0.0720 e. The number of hydrogen-bond donors (Lipinski definition) is 1. The highest BCUT2D eigenvalue weighted by atomic mass is 35.5. The van der Waals surface area contributed by atoms with E-state index in [0.29, 0.717) is 11.6 Å². The molecule has 3 heteroatoms. The van der Waals surface area contributed by atoms with Gasteiger partial charge in [0.15, 0.2) is 0 Å². The maximum absolute atomic E-state index is 5.86. The van der Waals surface area contributed by atoms with E-state index in [9.17, 15) is 0 Å². The van der Waals surface area contributed by atoms with Crippen molar-refractivity contribution < 1.29 is 4.74 Å². The van der Waals surface area contributed by atoms with Crippen LogP contribution in [0, 0.1) is 0 Å². The molecule has 1 aliphatic heterocycles. The molecule has 1 aliphatic carbocycles. The summed E-state index contributed by atoms with van der Waals surface area (Å²) in [5.74, 6) is 0. The monoisotopic (exact) mass is 239 g/mol. The van der Waals surface area contributed by atoms with E-state index >= 15 is 0 Å². The Bertz CT molecular complexity index is 329. The van der Waals surface area contributed by atoms with Crippen LogP contribution in [0.4, 0.5) is 0 Å². The second kappa shape index (κ2) is 4.74. The van der Waals surface area contributed by atoms with Crippen molar-refractivity contribution in [2.75, 3.05) is 6.54 Å². The fourth-order valence-electron chi connectivity index (χ4n) is 2.55. The molecule has 1 saturated heterocycles. The summed E-state index contributed by atoms with van der Waals surface area (Å²) in [6, 6.07) is 10.4. The van der Waals surface area contributed by atoms with Crippen LogP contribution in [0.25, 0.3) is 0 Å². The first-order valence-electron chi connectivity index (χ1n) is 5.77. The molecule has 2 aliphatic rings. The second-order valence-electron chi connectivity index (χ2n) is 4.78. The van der Waals surface area contributed by atoms with E-state index in [0.717, 1.165) is 6.61 Å². The van der Waals surface area contributed by atoms with Crippen molar-refractivity contribution in [3.8, 4) is 0 Å². The van der Waals surface area contributed by atoms with Gasteiger partial charge < -0.3 is 10.1 Å². The lowest BCUT2D eigenvalue weighted by Crippen LogP contribution is -2.66. The summed E-state index contributed by atoms with van der Waals surface area (Å²) in [6.07, 6.45) is 4.25. The van der Waals surface area contributed by atoms with Crippen LogP contribution in [0.15, 0.2) is 30.3 Å². The summed E-state index contributed by atoms with van der Waals surface area (Å²) in [5, 5.41) is 3.51. The smallest absolute Gasteiger partial charge is 0.0720 e. The van der Waals surface area contributed by atoms with E-state index in [-0.39, 0.29) is 12.4 Å². The van der Waals surface area contributed by atoms with E-state index in [1.54, 1.807) is 0 Å². The normalized spacial score (nSPS) is 31.4. The number of nitrogens with one attached hydrogen (secondary N) is 1. The molecule has 88 valence electrons. The number of rotatable bonds is 3. The third-order valence-corrected chi connectivity index (χ3v) is 3.67. The third-order valence-electron chi connectivity index (χ3n) is 3.67. The van der Waals surface area contributed by atoms with Crippen molar-refractivity contribution in [2.24, 2.45) is 0 Å². The highest BCUT2D eigenvalue weighted by Crippen LogP contribution is 2.41. The number of hydrogen-bond acceptors (Lipinski definition) is 2. The summed E-state index contributed by atoms with van der Waals surface area (Å²) in [6.45, 7) is 1.97. The Morgan fingerprint density at radius 3 is 2.50 bits per heavy atom. The molecule has 0 bridgehead atoms. The van der Waals surface area contributed by atoms with Crippen LogP contribution in [-0.4, -0.2) is 18.2 Å². The van der Waals surface area contributed by atoms with Gasteiger partial charge in [0.25, 0.3) is 0 Å². The van der Waals surface area contributed by atoms with Crippen LogP contribution in [-0.2, 0) is 11.3 Å². The van der Waals surface area contributed by atoms with Crippen LogP contribution < -0.4 is 5.32 Å². The molecule has 1 spiro atoms. The van der Waals surface area contributed by atoms with Gasteiger partial charge in [-0.25, -0.2) is 0 Å². The van der Waals surface area contributed by atoms with Gasteiger partial charge in [0.2, 0.25) is 0 Å². The average Bonchev–Trinajstić information content (AvgIpc) is 2.15. The van der Waals surface area contributed by atoms with Gasteiger partial charge in [0, 0.05) is 5.54 Å². The number of benzene rings is 1. The van der Waals surface area contributed by atoms with E-state index in [4.69, 9.17) is 4.74 Å². The number of ether oxygens (including phenoxy) is 1. The standard InChI is InChI=1S/C13H17NO.ClH/c1-2-4-11(5-3-1)10-15-12-8-13(9-12)6-7-14-13;/h1-5,12,14H,6-10H2;1H. The van der Waals surface area contributed by atoms with Crippen molar-refractivity contribution in [2.45, 2.75) is 37.5 Å². The minimum Gasteiger partial charge on any atom is -0.373 e. The number of halogens is 1. The Morgan fingerprint density at radius 2 is 1.94 bits per heavy atom. The van der Waals surface area contributed by atoms with Crippen molar-refractivity contribution >= 4 is 12.4 Å². The Balaban J connectivity index is 0.000000963. The first-order valence-corrected chi connectivity index (χ1v) is 5.77. The molecule has 1 N–H and O–H groups in total. The summed E-state index contributed by atoms with van der Waals surface area (Å²) in [7, 11) is 0. The zero-order chi connectivity index (χ0) is 10.1. The fraction of sp³-hybridized carbons (Fsp3) is 0.538. The molecular formula is C13H18ClNO. The van der Waals surface area contributed by atoms with Crippen molar-refractivity contribution in [3.63, 3.8) is 0 Å². The molecule has 1 saturated carbocycles. The first-order chi connectivity index (χ1) is 7.36. The lowest BCUT2D eigenvalue weighted by Gasteiger charge is -2.54. The topological polar surface area (TPSA) is 21.3 Å². The van der Waals surface area contributed by atoms with Gasteiger partial charge in [0.1, 0.15) is 0 Å². The van der Waals surface area contributed by atoms with Gasteiger partial charge >= 0.3 is 0 Å². The third kappa shape index (κ3) is 2.24. The van der Waals surface area contributed by atoms with E-state index in [1.807, 2.05) is 6.07 Å². The molecule has 1 aromatic rings. The molecular weight excluding hydrogens is 222 g/mol. The molecule has 1 aromatic carbocycles. The molecule has 0 amide bonds. The largest absolute Gasteiger partial charge is 0.373 e. The van der Waals surface area contributed by atoms with Gasteiger partial charge in [-0.15, -0.1) is 12.4 Å². The fourth-order valence-corrected chi connectivity index (χ4v) is 2.55. The predicted octanol–water partition coefficient (Wildman–Crippen LogP) is 2.52. The predicted molar refractivity (Wildman–Crippen MR) is 66.9 cm³/mol. The second-order valence-corrected chi connectivity index (χ2v) is 4.78. The molecule has 0 aromatic heterocycles. The van der Waals surface area contributed by atoms with Gasteiger partial charge in [-0.3, -0.25) is 0 Å². The van der Waals surface area contributed by atoms with E-state index < -0.39 is 0 Å².